The van der Waals surface area contributed by atoms with E-state index < -0.39 is 6.10 Å². The molecule has 0 amide bonds. The van der Waals surface area contributed by atoms with Crippen molar-refractivity contribution in [2.24, 2.45) is 0 Å². The van der Waals surface area contributed by atoms with Gasteiger partial charge < -0.3 is 14.2 Å². The van der Waals surface area contributed by atoms with E-state index in [0.717, 1.165) is 122 Å². The first kappa shape index (κ1) is 78.8. The largest absolute Gasteiger partial charge is 0.462 e. The SMILES string of the molecule is CC/C=C\C/C=C\C/C=C\C/C=C\C/C=C\C/C=C\C/C=C\CCCCCCCCCCCC(=O)OCC(COC(=O)CCCCCCC/C=C\CCCCCCCC)OC(=O)CCCCCCCCCCC/C=C\C/C=C\CCCCC. The maximum Gasteiger partial charge on any atom is 0.306 e. The van der Waals surface area contributed by atoms with Crippen LogP contribution in [0, 0.1) is 0 Å². The minimum absolute atomic E-state index is 0.0858. The van der Waals surface area contributed by atoms with Gasteiger partial charge in [-0.2, -0.15) is 0 Å². The van der Waals surface area contributed by atoms with Crippen molar-refractivity contribution in [1.29, 1.82) is 0 Å². The van der Waals surface area contributed by atoms with Gasteiger partial charge in [-0.3, -0.25) is 14.4 Å². The second kappa shape index (κ2) is 70.3. The number of carbonyl (C=O) groups is 3. The minimum Gasteiger partial charge on any atom is -0.462 e. The van der Waals surface area contributed by atoms with Crippen molar-refractivity contribution in [3.8, 4) is 0 Å². The maximum atomic E-state index is 12.9. The summed E-state index contributed by atoms with van der Waals surface area (Å²) in [4.78, 5) is 38.4. The van der Waals surface area contributed by atoms with Crippen LogP contribution in [-0.2, 0) is 28.6 Å². The number of esters is 3. The number of hydrogen-bond acceptors (Lipinski definition) is 6. The maximum absolute atomic E-state index is 12.9. The van der Waals surface area contributed by atoms with E-state index in [4.69, 9.17) is 14.2 Å². The van der Waals surface area contributed by atoms with Crippen molar-refractivity contribution in [2.45, 2.75) is 335 Å². The second-order valence-electron chi connectivity index (χ2n) is 23.1. The summed E-state index contributed by atoms with van der Waals surface area (Å²) in [6, 6.07) is 0. The van der Waals surface area contributed by atoms with Crippen LogP contribution >= 0.6 is 0 Å². The van der Waals surface area contributed by atoms with Crippen LogP contribution in [-0.4, -0.2) is 37.2 Å². The first-order valence-corrected chi connectivity index (χ1v) is 35.0. The van der Waals surface area contributed by atoms with E-state index in [9.17, 15) is 14.4 Å². The van der Waals surface area contributed by atoms with Gasteiger partial charge in [-0.15, -0.1) is 0 Å². The van der Waals surface area contributed by atoms with Crippen molar-refractivity contribution < 1.29 is 28.6 Å². The molecule has 0 aliphatic rings. The molecule has 83 heavy (non-hydrogen) atoms. The molecule has 0 N–H and O–H groups in total. The van der Waals surface area contributed by atoms with Gasteiger partial charge in [-0.1, -0.05) is 296 Å². The lowest BCUT2D eigenvalue weighted by atomic mass is 10.1. The zero-order valence-electron chi connectivity index (χ0n) is 54.4. The molecule has 6 heteroatoms. The smallest absolute Gasteiger partial charge is 0.306 e. The van der Waals surface area contributed by atoms with Crippen LogP contribution in [0.3, 0.4) is 0 Å². The molecule has 0 fully saturated rings. The highest BCUT2D eigenvalue weighted by Gasteiger charge is 2.19. The van der Waals surface area contributed by atoms with Crippen LogP contribution in [0.2, 0.25) is 0 Å². The molecule has 6 nitrogen and oxygen atoms in total. The Morgan fingerprint density at radius 3 is 0.771 bits per heavy atom. The number of rotatable bonds is 63. The van der Waals surface area contributed by atoms with E-state index >= 15 is 0 Å². The van der Waals surface area contributed by atoms with Crippen LogP contribution in [0.15, 0.2) is 122 Å². The van der Waals surface area contributed by atoms with Crippen LogP contribution < -0.4 is 0 Å². The van der Waals surface area contributed by atoms with Crippen molar-refractivity contribution in [1.82, 2.24) is 0 Å². The van der Waals surface area contributed by atoms with Crippen LogP contribution in [0.4, 0.5) is 0 Å². The summed E-state index contributed by atoms with van der Waals surface area (Å²) in [5.41, 5.74) is 0. The summed E-state index contributed by atoms with van der Waals surface area (Å²) >= 11 is 0. The van der Waals surface area contributed by atoms with Gasteiger partial charge in [-0.25, -0.2) is 0 Å². The van der Waals surface area contributed by atoms with Gasteiger partial charge in [0.2, 0.25) is 0 Å². The third-order valence-corrected chi connectivity index (χ3v) is 14.9. The third-order valence-electron chi connectivity index (χ3n) is 14.9. The van der Waals surface area contributed by atoms with Crippen LogP contribution in [0.5, 0.6) is 0 Å². The minimum atomic E-state index is -0.790. The van der Waals surface area contributed by atoms with Crippen molar-refractivity contribution in [3.63, 3.8) is 0 Å². The highest BCUT2D eigenvalue weighted by atomic mass is 16.6. The van der Waals surface area contributed by atoms with Crippen LogP contribution in [0.1, 0.15) is 329 Å². The molecule has 0 spiro atoms. The number of unbranched alkanes of at least 4 members (excludes halogenated alkanes) is 32. The number of carbonyl (C=O) groups excluding carboxylic acids is 3. The number of ether oxygens (including phenoxy) is 3. The Labute approximate surface area is 513 Å². The molecule has 0 aliphatic heterocycles. The molecule has 0 radical (unpaired) electrons. The summed E-state index contributed by atoms with van der Waals surface area (Å²) in [6.45, 7) is 6.51. The van der Waals surface area contributed by atoms with E-state index in [-0.39, 0.29) is 31.1 Å². The summed E-state index contributed by atoms with van der Waals surface area (Å²) in [7, 11) is 0. The molecule has 0 bridgehead atoms. The highest BCUT2D eigenvalue weighted by Crippen LogP contribution is 2.16. The molecule has 0 rings (SSSR count). The highest BCUT2D eigenvalue weighted by molar-refractivity contribution is 5.71. The first-order chi connectivity index (χ1) is 41.0. The molecule has 0 aliphatic carbocycles. The summed E-state index contributed by atoms with van der Waals surface area (Å²) in [5, 5.41) is 0. The Balaban J connectivity index is 4.33. The summed E-state index contributed by atoms with van der Waals surface area (Å²) in [6.07, 6.45) is 97.8. The zero-order chi connectivity index (χ0) is 59.9. The molecule has 0 saturated heterocycles. The van der Waals surface area contributed by atoms with Gasteiger partial charge in [0.05, 0.1) is 0 Å². The Bertz CT molecular complexity index is 1700. The quantitative estimate of drug-likeness (QED) is 0.0261. The summed E-state index contributed by atoms with van der Waals surface area (Å²) < 4.78 is 17.0. The predicted octanol–water partition coefficient (Wildman–Crippen LogP) is 24.3. The van der Waals surface area contributed by atoms with E-state index in [2.05, 4.69) is 142 Å². The molecule has 0 saturated carbocycles. The average Bonchev–Trinajstić information content (AvgIpc) is 3.49. The van der Waals surface area contributed by atoms with E-state index in [1.165, 1.54) is 167 Å². The van der Waals surface area contributed by atoms with Gasteiger partial charge in [0, 0.05) is 19.3 Å². The Kier molecular flexibility index (Phi) is 66.7. The van der Waals surface area contributed by atoms with Gasteiger partial charge in [0.15, 0.2) is 6.10 Å². The molecular weight excluding hydrogens is 1020 g/mol. The molecule has 0 aromatic heterocycles. The average molecular weight is 1150 g/mol. The Morgan fingerprint density at radius 2 is 0.470 bits per heavy atom. The number of allylic oxidation sites excluding steroid dienone is 20. The Morgan fingerprint density at radius 1 is 0.253 bits per heavy atom. The van der Waals surface area contributed by atoms with Gasteiger partial charge >= 0.3 is 17.9 Å². The lowest BCUT2D eigenvalue weighted by molar-refractivity contribution is -0.167. The normalized spacial score (nSPS) is 12.9. The fraction of sp³-hybridized carbons (Fsp3) is 0.701. The third kappa shape index (κ3) is 68.5. The standard InChI is InChI=1S/C77H130O6/c1-4-7-10-13-16-19-22-25-28-30-32-33-34-35-36-37-38-39-40-41-42-43-45-46-49-52-55-58-61-64-67-70-76(79)82-73-74(72-81-75(78)69-66-63-60-57-54-51-48-27-24-21-18-15-12-9-6-3)83-77(80)71-68-65-62-59-56-53-50-47-44-31-29-26-23-20-17-14-11-8-5-2/h7,10,16-17,19-20,25-29,32-33,35-36,38-39,41-42,48,74H,4-6,8-9,11-15,18,21-24,30-31,34,37,40,43-47,49-73H2,1-3H3/b10-7-,19-16-,20-17-,28-25-,29-26-,33-32-,36-35-,39-38-,42-41-,48-27-. The monoisotopic (exact) mass is 1150 g/mol. The van der Waals surface area contributed by atoms with E-state index in [0.29, 0.717) is 19.3 Å². The Hall–Kier alpha value is -4.19. The van der Waals surface area contributed by atoms with E-state index in [1.807, 2.05) is 0 Å². The lowest BCUT2D eigenvalue weighted by Crippen LogP contribution is -2.30. The lowest BCUT2D eigenvalue weighted by Gasteiger charge is -2.18. The van der Waals surface area contributed by atoms with Crippen molar-refractivity contribution in [3.05, 3.63) is 122 Å². The molecule has 0 aromatic carbocycles. The van der Waals surface area contributed by atoms with E-state index in [1.54, 1.807) is 0 Å². The van der Waals surface area contributed by atoms with Crippen molar-refractivity contribution >= 4 is 17.9 Å². The molecule has 474 valence electrons. The summed E-state index contributed by atoms with van der Waals surface area (Å²) in [5.74, 6) is -0.893. The molecule has 0 aromatic rings. The van der Waals surface area contributed by atoms with Crippen molar-refractivity contribution in [2.75, 3.05) is 13.2 Å². The van der Waals surface area contributed by atoms with Gasteiger partial charge in [-0.05, 0) is 135 Å². The number of hydrogen-bond donors (Lipinski definition) is 0. The molecule has 1 atom stereocenters. The predicted molar refractivity (Wildman–Crippen MR) is 362 cm³/mol. The topological polar surface area (TPSA) is 78.9 Å². The first-order valence-electron chi connectivity index (χ1n) is 35.0. The fourth-order valence-corrected chi connectivity index (χ4v) is 9.68. The molecule has 1 unspecified atom stereocenters. The fourth-order valence-electron chi connectivity index (χ4n) is 9.68. The molecule has 0 heterocycles. The van der Waals surface area contributed by atoms with Crippen LogP contribution in [0.25, 0.3) is 0 Å². The second-order valence-corrected chi connectivity index (χ2v) is 23.1. The zero-order valence-corrected chi connectivity index (χ0v) is 54.4. The van der Waals surface area contributed by atoms with Gasteiger partial charge in [0.25, 0.3) is 0 Å². The molecular formula is C77H130O6. The van der Waals surface area contributed by atoms with Gasteiger partial charge in [0.1, 0.15) is 13.2 Å².